The van der Waals surface area contributed by atoms with Crippen LogP contribution in [0.4, 0.5) is 5.69 Å². The number of halogens is 1. The Kier molecular flexibility index (Phi) is 4.68. The van der Waals surface area contributed by atoms with Gasteiger partial charge in [0.15, 0.2) is 5.76 Å². The number of nitrogens with two attached hydrogens (primary N) is 1. The quantitative estimate of drug-likeness (QED) is 0.672. The molecule has 1 aromatic heterocycles. The summed E-state index contributed by atoms with van der Waals surface area (Å²) >= 11 is 5.06. The molecule has 0 aliphatic carbocycles. The van der Waals surface area contributed by atoms with Gasteiger partial charge in [0.05, 0.1) is 5.69 Å². The van der Waals surface area contributed by atoms with E-state index in [0.717, 1.165) is 26.5 Å². The van der Waals surface area contributed by atoms with Crippen molar-refractivity contribution >= 4 is 33.4 Å². The Morgan fingerprint density at radius 2 is 2.28 bits per heavy atom. The second-order valence-electron chi connectivity index (χ2n) is 3.69. The molecule has 6 heteroatoms. The standard InChI is InChI=1S/C12H13BrN2O2S/c1-16-6-10-5-9(15-17-10)7-18-12-4-8(13)2-3-11(12)14/h2-5H,6-7,14H2,1H3. The first kappa shape index (κ1) is 13.5. The Balaban J connectivity index is 1.99. The summed E-state index contributed by atoms with van der Waals surface area (Å²) in [7, 11) is 1.62. The minimum atomic E-state index is 0.441. The SMILES string of the molecule is COCc1cc(CSc2cc(Br)ccc2N)no1. The fraction of sp³-hybridized carbons (Fsp3) is 0.250. The summed E-state index contributed by atoms with van der Waals surface area (Å²) in [6.45, 7) is 0.441. The molecule has 0 aliphatic heterocycles. The highest BCUT2D eigenvalue weighted by atomic mass is 79.9. The van der Waals surface area contributed by atoms with Gasteiger partial charge in [-0.15, -0.1) is 11.8 Å². The first-order chi connectivity index (χ1) is 8.69. The highest BCUT2D eigenvalue weighted by Gasteiger charge is 2.06. The number of nitrogens with zero attached hydrogens (tertiary/aromatic N) is 1. The van der Waals surface area contributed by atoms with E-state index >= 15 is 0 Å². The predicted molar refractivity (Wildman–Crippen MR) is 75.3 cm³/mol. The fourth-order valence-electron chi connectivity index (χ4n) is 1.42. The van der Waals surface area contributed by atoms with E-state index in [1.165, 1.54) is 0 Å². The Labute approximate surface area is 118 Å². The average Bonchev–Trinajstić information content (AvgIpc) is 2.79. The van der Waals surface area contributed by atoms with Crippen LogP contribution in [0.25, 0.3) is 0 Å². The number of hydrogen-bond acceptors (Lipinski definition) is 5. The number of hydrogen-bond donors (Lipinski definition) is 1. The minimum Gasteiger partial charge on any atom is -0.398 e. The maximum Gasteiger partial charge on any atom is 0.162 e. The van der Waals surface area contributed by atoms with Gasteiger partial charge >= 0.3 is 0 Å². The lowest BCUT2D eigenvalue weighted by Gasteiger charge is -2.04. The molecule has 96 valence electrons. The lowest BCUT2D eigenvalue weighted by Crippen LogP contribution is -1.89. The Morgan fingerprint density at radius 1 is 1.44 bits per heavy atom. The molecule has 0 bridgehead atoms. The number of aromatic nitrogens is 1. The van der Waals surface area contributed by atoms with Crippen molar-refractivity contribution < 1.29 is 9.26 Å². The number of thioether (sulfide) groups is 1. The third kappa shape index (κ3) is 3.51. The van der Waals surface area contributed by atoms with E-state index in [4.69, 9.17) is 15.0 Å². The van der Waals surface area contributed by atoms with E-state index in [2.05, 4.69) is 21.1 Å². The molecule has 0 aliphatic rings. The molecule has 0 atom stereocenters. The van der Waals surface area contributed by atoms with Crippen LogP contribution < -0.4 is 5.73 Å². The third-order valence-corrected chi connectivity index (χ3v) is 3.84. The maximum absolute atomic E-state index is 5.90. The number of rotatable bonds is 5. The Bertz CT molecular complexity index is 531. The van der Waals surface area contributed by atoms with Crippen molar-refractivity contribution in [2.45, 2.75) is 17.3 Å². The topological polar surface area (TPSA) is 61.3 Å². The average molecular weight is 329 g/mol. The zero-order valence-electron chi connectivity index (χ0n) is 9.85. The van der Waals surface area contributed by atoms with Gasteiger partial charge in [-0.2, -0.15) is 0 Å². The van der Waals surface area contributed by atoms with E-state index in [-0.39, 0.29) is 0 Å². The lowest BCUT2D eigenvalue weighted by molar-refractivity contribution is 0.156. The third-order valence-electron chi connectivity index (χ3n) is 2.25. The first-order valence-electron chi connectivity index (χ1n) is 5.30. The van der Waals surface area contributed by atoms with Gasteiger partial charge in [-0.25, -0.2) is 0 Å². The summed E-state index contributed by atoms with van der Waals surface area (Å²) in [5, 5.41) is 3.97. The maximum atomic E-state index is 5.90. The number of ether oxygens (including phenoxy) is 1. The second kappa shape index (κ2) is 6.26. The van der Waals surface area contributed by atoms with Crippen LogP contribution in [0, 0.1) is 0 Å². The minimum absolute atomic E-state index is 0.441. The van der Waals surface area contributed by atoms with Crippen molar-refractivity contribution in [1.29, 1.82) is 0 Å². The van der Waals surface area contributed by atoms with Gasteiger partial charge < -0.3 is 15.0 Å². The molecule has 1 aromatic carbocycles. The monoisotopic (exact) mass is 328 g/mol. The fourth-order valence-corrected chi connectivity index (χ4v) is 2.82. The number of anilines is 1. The van der Waals surface area contributed by atoms with Gasteiger partial charge in [-0.3, -0.25) is 0 Å². The zero-order valence-corrected chi connectivity index (χ0v) is 12.3. The molecule has 18 heavy (non-hydrogen) atoms. The van der Waals surface area contributed by atoms with Crippen LogP contribution in [0.15, 0.2) is 38.2 Å². The summed E-state index contributed by atoms with van der Waals surface area (Å²) in [5.74, 6) is 1.45. The highest BCUT2D eigenvalue weighted by Crippen LogP contribution is 2.30. The molecule has 0 saturated heterocycles. The number of methoxy groups -OCH3 is 1. The van der Waals surface area contributed by atoms with Crippen LogP contribution in [0.1, 0.15) is 11.5 Å². The van der Waals surface area contributed by atoms with Gasteiger partial charge in [0.2, 0.25) is 0 Å². The Morgan fingerprint density at radius 3 is 3.06 bits per heavy atom. The van der Waals surface area contributed by atoms with Crippen molar-refractivity contribution in [3.8, 4) is 0 Å². The van der Waals surface area contributed by atoms with Crippen molar-refractivity contribution in [1.82, 2.24) is 5.16 Å². The largest absolute Gasteiger partial charge is 0.398 e. The smallest absolute Gasteiger partial charge is 0.162 e. The molecule has 0 spiro atoms. The summed E-state index contributed by atoms with van der Waals surface area (Å²) in [6, 6.07) is 7.69. The lowest BCUT2D eigenvalue weighted by atomic mass is 10.3. The van der Waals surface area contributed by atoms with Crippen LogP contribution in [0.3, 0.4) is 0 Å². The molecule has 2 N–H and O–H groups in total. The highest BCUT2D eigenvalue weighted by molar-refractivity contribution is 9.10. The van der Waals surface area contributed by atoms with Crippen LogP contribution in [0.5, 0.6) is 0 Å². The predicted octanol–water partition coefficient (Wildman–Crippen LogP) is 3.46. The van der Waals surface area contributed by atoms with Gasteiger partial charge in [-0.1, -0.05) is 21.1 Å². The molecule has 0 unspecified atom stereocenters. The number of benzene rings is 1. The summed E-state index contributed by atoms with van der Waals surface area (Å²) in [4.78, 5) is 1.03. The second-order valence-corrected chi connectivity index (χ2v) is 5.62. The summed E-state index contributed by atoms with van der Waals surface area (Å²) < 4.78 is 11.1. The van der Waals surface area contributed by atoms with Crippen molar-refractivity contribution in [3.63, 3.8) is 0 Å². The van der Waals surface area contributed by atoms with Crippen LogP contribution in [-0.2, 0) is 17.1 Å². The van der Waals surface area contributed by atoms with E-state index in [9.17, 15) is 0 Å². The molecule has 0 fully saturated rings. The van der Waals surface area contributed by atoms with Gasteiger partial charge in [0.1, 0.15) is 6.61 Å². The van der Waals surface area contributed by atoms with Gasteiger partial charge in [0.25, 0.3) is 0 Å². The summed E-state index contributed by atoms with van der Waals surface area (Å²) in [6.07, 6.45) is 0. The van der Waals surface area contributed by atoms with Crippen molar-refractivity contribution in [2.75, 3.05) is 12.8 Å². The molecule has 0 amide bonds. The molecule has 4 nitrogen and oxygen atoms in total. The van der Waals surface area contributed by atoms with Crippen LogP contribution in [-0.4, -0.2) is 12.3 Å². The van der Waals surface area contributed by atoms with E-state index in [0.29, 0.717) is 12.4 Å². The van der Waals surface area contributed by atoms with E-state index < -0.39 is 0 Å². The molecule has 0 radical (unpaired) electrons. The van der Waals surface area contributed by atoms with Gasteiger partial charge in [0, 0.05) is 34.0 Å². The zero-order chi connectivity index (χ0) is 13.0. The van der Waals surface area contributed by atoms with Crippen LogP contribution >= 0.6 is 27.7 Å². The molecule has 2 aromatic rings. The van der Waals surface area contributed by atoms with E-state index in [1.807, 2.05) is 24.3 Å². The van der Waals surface area contributed by atoms with Gasteiger partial charge in [-0.05, 0) is 18.2 Å². The normalized spacial score (nSPS) is 10.8. The van der Waals surface area contributed by atoms with E-state index in [1.54, 1.807) is 18.9 Å². The Hall–Kier alpha value is -0.980. The molecule has 0 saturated carbocycles. The molecule has 1 heterocycles. The molecule has 2 rings (SSSR count). The molecular weight excluding hydrogens is 316 g/mol. The number of nitrogen functional groups attached to an aromatic ring is 1. The van der Waals surface area contributed by atoms with Crippen molar-refractivity contribution in [3.05, 3.63) is 40.2 Å². The van der Waals surface area contributed by atoms with Crippen LogP contribution in [0.2, 0.25) is 0 Å². The van der Waals surface area contributed by atoms with Crippen molar-refractivity contribution in [2.24, 2.45) is 0 Å². The first-order valence-corrected chi connectivity index (χ1v) is 7.08. The molecular formula is C12H13BrN2O2S. The summed E-state index contributed by atoms with van der Waals surface area (Å²) in [5.41, 5.74) is 7.55.